The summed E-state index contributed by atoms with van der Waals surface area (Å²) in [5, 5.41) is 39.5. The Labute approximate surface area is 288 Å². The molecule has 0 bridgehead atoms. The lowest BCUT2D eigenvalue weighted by molar-refractivity contribution is -0.144. The van der Waals surface area contributed by atoms with Crippen molar-refractivity contribution < 1.29 is 74.6 Å². The van der Waals surface area contributed by atoms with Gasteiger partial charge in [0.25, 0.3) is 0 Å². The van der Waals surface area contributed by atoms with E-state index in [0.717, 1.165) is 12.1 Å². The number of benzene rings is 2. The summed E-state index contributed by atoms with van der Waals surface area (Å²) in [5.41, 5.74) is -22.8. The Bertz CT molecular complexity index is 2310. The molecular weight excluding hydrogens is 777 g/mol. The molecule has 54 heavy (non-hydrogen) atoms. The molecule has 1 aliphatic carbocycles. The van der Waals surface area contributed by atoms with E-state index in [1.54, 1.807) is 0 Å². The molecule has 0 aliphatic heterocycles. The van der Waals surface area contributed by atoms with Crippen molar-refractivity contribution in [3.63, 3.8) is 0 Å². The Kier molecular flexibility index (Phi) is 10.8. The number of allylic oxidation sites excluding steroid dienone is 4. The second kappa shape index (κ2) is 14.3. The zero-order valence-electron chi connectivity index (χ0n) is 25.4. The molecule has 280 valence electrons. The lowest BCUT2D eigenvalue weighted by atomic mass is 9.86. The molecule has 2 atom stereocenters. The summed E-state index contributed by atoms with van der Waals surface area (Å²) in [6, 6.07) is 4.26. The highest BCUT2D eigenvalue weighted by Gasteiger charge is 2.51. The third-order valence-electron chi connectivity index (χ3n) is 7.95. The molecule has 0 N–H and O–H groups in total. The van der Waals surface area contributed by atoms with Crippen molar-refractivity contribution in [1.29, 1.82) is 21.0 Å². The van der Waals surface area contributed by atoms with Crippen molar-refractivity contribution in [3.8, 4) is 24.3 Å². The van der Waals surface area contributed by atoms with Crippen molar-refractivity contribution >= 4 is 5.57 Å². The van der Waals surface area contributed by atoms with Crippen LogP contribution in [0, 0.1) is 91.9 Å². The average molecular weight is 785 g/mol. The number of pyridine rings is 1. The number of rotatable bonds is 8. The number of halogens is 17. The fourth-order valence-electron chi connectivity index (χ4n) is 5.69. The Morgan fingerprint density at radius 1 is 0.556 bits per heavy atom. The van der Waals surface area contributed by atoms with Gasteiger partial charge in [0.2, 0.25) is 0 Å². The molecule has 2 unspecified atom stereocenters. The summed E-state index contributed by atoms with van der Waals surface area (Å²) < 4.78 is 242. The highest BCUT2D eigenvalue weighted by atomic mass is 19.4. The summed E-state index contributed by atoms with van der Waals surface area (Å²) in [4.78, 5) is 3.38. The van der Waals surface area contributed by atoms with Gasteiger partial charge in [0.15, 0.2) is 46.5 Å². The molecule has 5 nitrogen and oxygen atoms in total. The van der Waals surface area contributed by atoms with Crippen LogP contribution in [0.4, 0.5) is 74.6 Å². The first-order chi connectivity index (χ1) is 25.2. The van der Waals surface area contributed by atoms with E-state index >= 15 is 17.6 Å². The lowest BCUT2D eigenvalue weighted by Gasteiger charge is -2.18. The molecule has 1 heterocycles. The minimum Gasteiger partial charge on any atom is -0.246 e. The smallest absolute Gasteiger partial charge is 0.246 e. The Morgan fingerprint density at radius 3 is 1.30 bits per heavy atom. The van der Waals surface area contributed by atoms with E-state index in [0.29, 0.717) is 0 Å². The molecule has 1 aromatic heterocycles. The van der Waals surface area contributed by atoms with Gasteiger partial charge in [0, 0.05) is 16.7 Å². The van der Waals surface area contributed by atoms with Gasteiger partial charge in [0.1, 0.15) is 54.9 Å². The molecule has 0 spiro atoms. The summed E-state index contributed by atoms with van der Waals surface area (Å²) in [6.45, 7) is -5.61. The van der Waals surface area contributed by atoms with Crippen LogP contribution < -0.4 is 0 Å². The summed E-state index contributed by atoms with van der Waals surface area (Å²) >= 11 is 0. The molecule has 1 aliphatic rings. The largest absolute Gasteiger partial charge is 0.422 e. The van der Waals surface area contributed by atoms with E-state index in [4.69, 9.17) is 0 Å². The molecule has 0 amide bonds. The monoisotopic (exact) mass is 785 g/mol. The summed E-state index contributed by atoms with van der Waals surface area (Å²) in [6.07, 6.45) is -12.3. The van der Waals surface area contributed by atoms with Crippen LogP contribution in [0.5, 0.6) is 0 Å². The van der Waals surface area contributed by atoms with Gasteiger partial charge >= 0.3 is 12.4 Å². The second-order valence-corrected chi connectivity index (χ2v) is 10.7. The van der Waals surface area contributed by atoms with E-state index in [-0.39, 0.29) is 0 Å². The van der Waals surface area contributed by atoms with Gasteiger partial charge in [-0.3, -0.25) is 0 Å². The van der Waals surface area contributed by atoms with Gasteiger partial charge < -0.3 is 0 Å². The highest BCUT2D eigenvalue weighted by Crippen LogP contribution is 2.59. The van der Waals surface area contributed by atoms with Crippen LogP contribution in [0.15, 0.2) is 16.7 Å². The van der Waals surface area contributed by atoms with Crippen LogP contribution >= 0.6 is 0 Å². The normalized spacial score (nSPS) is 14.9. The van der Waals surface area contributed by atoms with Crippen LogP contribution in [0.3, 0.4) is 0 Å². The zero-order chi connectivity index (χ0) is 40.9. The van der Waals surface area contributed by atoms with E-state index in [1.807, 2.05) is 0 Å². The molecule has 3 aromatic rings. The van der Waals surface area contributed by atoms with Gasteiger partial charge in [-0.2, -0.15) is 47.4 Å². The van der Waals surface area contributed by atoms with Gasteiger partial charge in [-0.05, 0) is 16.7 Å². The first-order valence-corrected chi connectivity index (χ1v) is 13.8. The van der Waals surface area contributed by atoms with E-state index < -0.39 is 163 Å². The Balaban J connectivity index is 2.27. The van der Waals surface area contributed by atoms with Gasteiger partial charge in [-0.1, -0.05) is 0 Å². The third kappa shape index (κ3) is 6.21. The first kappa shape index (κ1) is 40.6. The molecule has 2 aromatic carbocycles. The summed E-state index contributed by atoms with van der Waals surface area (Å²) in [7, 11) is 0. The Hall–Kier alpha value is -6.16. The molecule has 0 fully saturated rings. The maximum atomic E-state index is 15.2. The van der Waals surface area contributed by atoms with Crippen LogP contribution in [0.2, 0.25) is 0 Å². The lowest BCUT2D eigenvalue weighted by Crippen LogP contribution is -2.18. The number of nitriles is 4. The number of nitrogens with zero attached hydrogens (tertiary/aromatic N) is 5. The minimum atomic E-state index is -6.16. The van der Waals surface area contributed by atoms with Crippen LogP contribution in [-0.2, 0) is 32.4 Å². The molecule has 22 heteroatoms. The average Bonchev–Trinajstić information content (AvgIpc) is 3.82. The topological polar surface area (TPSA) is 108 Å². The fraction of sp³-hybridized carbons (Fsp3) is 0.219. The molecule has 0 saturated heterocycles. The Morgan fingerprint density at radius 2 is 0.963 bits per heavy atom. The zero-order valence-corrected chi connectivity index (χ0v) is 25.4. The fourth-order valence-corrected chi connectivity index (χ4v) is 5.69. The molecule has 4 rings (SSSR count). The van der Waals surface area contributed by atoms with Gasteiger partial charge in [-0.15, -0.1) is 0 Å². The van der Waals surface area contributed by atoms with E-state index in [9.17, 15) is 78.1 Å². The third-order valence-corrected chi connectivity index (χ3v) is 7.95. The van der Waals surface area contributed by atoms with E-state index in [1.165, 1.54) is 12.1 Å². The van der Waals surface area contributed by atoms with Crippen LogP contribution in [-0.4, -0.2) is 4.98 Å². The van der Waals surface area contributed by atoms with Crippen molar-refractivity contribution in [2.75, 3.05) is 0 Å². The van der Waals surface area contributed by atoms with Gasteiger partial charge in [0.05, 0.1) is 40.5 Å². The quantitative estimate of drug-likeness (QED) is 0.128. The second-order valence-electron chi connectivity index (χ2n) is 10.7. The maximum absolute atomic E-state index is 15.2. The predicted octanol–water partition coefficient (Wildman–Crippen LogP) is 9.71. The number of hydrogen-bond acceptors (Lipinski definition) is 5. The maximum Gasteiger partial charge on any atom is 0.422 e. The number of hydrogen-bond donors (Lipinski definition) is 0. The van der Waals surface area contributed by atoms with E-state index in [2.05, 4.69) is 4.98 Å². The van der Waals surface area contributed by atoms with Crippen molar-refractivity contribution in [2.24, 2.45) is 0 Å². The van der Waals surface area contributed by atoms with Crippen LogP contribution in [0.25, 0.3) is 5.57 Å². The molecular formula is C32H8F17N5. The molecule has 0 radical (unpaired) electrons. The molecule has 0 saturated carbocycles. The van der Waals surface area contributed by atoms with Crippen LogP contribution in [0.1, 0.15) is 62.2 Å². The first-order valence-electron chi connectivity index (χ1n) is 13.8. The van der Waals surface area contributed by atoms with Crippen molar-refractivity contribution in [3.05, 3.63) is 114 Å². The van der Waals surface area contributed by atoms with Crippen molar-refractivity contribution in [2.45, 2.75) is 44.2 Å². The highest BCUT2D eigenvalue weighted by molar-refractivity contribution is 5.95. The summed E-state index contributed by atoms with van der Waals surface area (Å²) in [5.74, 6) is -30.7. The van der Waals surface area contributed by atoms with Crippen molar-refractivity contribution in [1.82, 2.24) is 4.98 Å². The number of aromatic nitrogens is 1. The van der Waals surface area contributed by atoms with Gasteiger partial charge in [-0.25, -0.2) is 53.3 Å². The number of alkyl halides is 9. The predicted molar refractivity (Wildman–Crippen MR) is 142 cm³/mol. The standard InChI is InChI=1S/C32H8F17N5/c33-1-8-13(3-35)54-14(7-53)9(2-34)15(8)10(4-50)16-17(11(5-51)19-23(36)27(40)21(31(44,45)46)28(41)24(19)37)18(16)12(6-52)20-25(38)29(42)22(32(47,48)49)30(43)26(20)39/h10-11H,1-3H2/b18-12+. The minimum absolute atomic E-state index is 0.846. The SMILES string of the molecule is N#C/C(=C1C(C(C#N)c2c(F)c(F)c(C(F)(F)F)c(F)c2F)=C\1C(C#N)c1c(CF)c(C#N)nc(CF)c1CF)c1c(F)c(F)c(C(F)(F)F)c(F)c1F.